The fourth-order valence-electron chi connectivity index (χ4n) is 3.67. The number of nitro benzene ring substituents is 1. The van der Waals surface area contributed by atoms with Gasteiger partial charge in [-0.15, -0.1) is 0 Å². The summed E-state index contributed by atoms with van der Waals surface area (Å²) in [6.45, 7) is 2.11. The number of nitro groups is 1. The summed E-state index contributed by atoms with van der Waals surface area (Å²) < 4.78 is 49.7. The van der Waals surface area contributed by atoms with Crippen molar-refractivity contribution >= 4 is 46.9 Å². The number of nitrogens with zero attached hydrogens (tertiary/aromatic N) is 2. The molecule has 1 saturated heterocycles. The molecule has 0 aromatic heterocycles. The summed E-state index contributed by atoms with van der Waals surface area (Å²) in [6, 6.07) is 10.8. The van der Waals surface area contributed by atoms with Gasteiger partial charge in [0, 0.05) is 12.1 Å². The van der Waals surface area contributed by atoms with Crippen LogP contribution in [0.4, 0.5) is 29.3 Å². The van der Waals surface area contributed by atoms with Gasteiger partial charge in [-0.3, -0.25) is 25.0 Å². The lowest BCUT2D eigenvalue weighted by atomic mass is 10.1. The SMILES string of the molecule is CCOc1cccc(N2C(=O)NC(=O)/C(=C\c3ccc(Oc4ccc(C(F)(F)F)cc4[N+](=O)[O-])c(Cl)c3)C2=O)c1. The molecule has 206 valence electrons. The van der Waals surface area contributed by atoms with Crippen LogP contribution in [0.15, 0.2) is 66.2 Å². The highest BCUT2D eigenvalue weighted by atomic mass is 35.5. The molecule has 14 heteroatoms. The van der Waals surface area contributed by atoms with Gasteiger partial charge in [0.1, 0.15) is 17.1 Å². The number of carbonyl (C=O) groups is 3. The Morgan fingerprint density at radius 3 is 2.42 bits per heavy atom. The predicted molar refractivity (Wildman–Crippen MR) is 136 cm³/mol. The highest BCUT2D eigenvalue weighted by Crippen LogP contribution is 2.39. The first-order valence-electron chi connectivity index (χ1n) is 11.4. The van der Waals surface area contributed by atoms with Gasteiger partial charge in [-0.05, 0) is 55.0 Å². The molecule has 4 rings (SSSR count). The Kier molecular flexibility index (Phi) is 7.77. The summed E-state index contributed by atoms with van der Waals surface area (Å²) >= 11 is 6.23. The van der Waals surface area contributed by atoms with Gasteiger partial charge in [-0.1, -0.05) is 23.7 Å². The molecule has 1 fully saturated rings. The summed E-state index contributed by atoms with van der Waals surface area (Å²) in [6.07, 6.45) is -3.63. The number of halogens is 4. The zero-order valence-electron chi connectivity index (χ0n) is 20.3. The van der Waals surface area contributed by atoms with Crippen molar-refractivity contribution in [1.82, 2.24) is 5.32 Å². The van der Waals surface area contributed by atoms with E-state index in [0.29, 0.717) is 24.5 Å². The highest BCUT2D eigenvalue weighted by molar-refractivity contribution is 6.39. The number of imide groups is 2. The van der Waals surface area contributed by atoms with E-state index in [2.05, 4.69) is 5.32 Å². The van der Waals surface area contributed by atoms with E-state index in [0.717, 1.165) is 11.0 Å². The van der Waals surface area contributed by atoms with E-state index >= 15 is 0 Å². The average Bonchev–Trinajstić information content (AvgIpc) is 2.88. The van der Waals surface area contributed by atoms with Crippen LogP contribution in [0.2, 0.25) is 5.02 Å². The molecule has 0 aliphatic carbocycles. The zero-order valence-corrected chi connectivity index (χ0v) is 21.1. The molecule has 0 unspecified atom stereocenters. The van der Waals surface area contributed by atoms with Crippen molar-refractivity contribution in [2.24, 2.45) is 0 Å². The standard InChI is InChI=1S/C26H17ClF3N3O7/c1-2-39-17-5-3-4-16(13-17)32-24(35)18(23(34)31-25(32)36)10-14-6-8-21(19(27)11-14)40-22-9-7-15(26(28,29)30)12-20(22)33(37)38/h3-13H,2H2,1H3,(H,31,34,36)/b18-10+. The number of hydrogen-bond donors (Lipinski definition) is 1. The first-order valence-corrected chi connectivity index (χ1v) is 11.7. The van der Waals surface area contributed by atoms with E-state index in [4.69, 9.17) is 21.1 Å². The third-order valence-corrected chi connectivity index (χ3v) is 5.75. The van der Waals surface area contributed by atoms with Crippen LogP contribution in [-0.4, -0.2) is 29.4 Å². The lowest BCUT2D eigenvalue weighted by Gasteiger charge is -2.26. The monoisotopic (exact) mass is 575 g/mol. The Morgan fingerprint density at radius 1 is 1.05 bits per heavy atom. The van der Waals surface area contributed by atoms with E-state index in [1.54, 1.807) is 19.1 Å². The minimum absolute atomic E-state index is 0.135. The minimum Gasteiger partial charge on any atom is -0.494 e. The van der Waals surface area contributed by atoms with Gasteiger partial charge in [-0.2, -0.15) is 13.2 Å². The number of rotatable bonds is 7. The van der Waals surface area contributed by atoms with Crippen molar-refractivity contribution < 1.29 is 42.0 Å². The van der Waals surface area contributed by atoms with Gasteiger partial charge in [0.15, 0.2) is 0 Å². The van der Waals surface area contributed by atoms with Gasteiger partial charge in [0.05, 0.1) is 27.8 Å². The second kappa shape index (κ2) is 11.1. The van der Waals surface area contributed by atoms with Gasteiger partial charge in [-0.25, -0.2) is 9.69 Å². The molecule has 40 heavy (non-hydrogen) atoms. The number of benzene rings is 3. The smallest absolute Gasteiger partial charge is 0.416 e. The maximum Gasteiger partial charge on any atom is 0.416 e. The van der Waals surface area contributed by atoms with E-state index in [1.807, 2.05) is 0 Å². The maximum atomic E-state index is 13.1. The maximum absolute atomic E-state index is 13.1. The Morgan fingerprint density at radius 2 is 1.77 bits per heavy atom. The van der Waals surface area contributed by atoms with Crippen LogP contribution >= 0.6 is 11.6 Å². The summed E-state index contributed by atoms with van der Waals surface area (Å²) in [7, 11) is 0. The Labute approximate surface area is 228 Å². The normalized spacial score (nSPS) is 14.8. The Hall–Kier alpha value is -4.91. The van der Waals surface area contributed by atoms with Crippen molar-refractivity contribution in [3.8, 4) is 17.2 Å². The number of urea groups is 1. The van der Waals surface area contributed by atoms with Gasteiger partial charge in [0.25, 0.3) is 11.8 Å². The van der Waals surface area contributed by atoms with Crippen LogP contribution in [0.1, 0.15) is 18.1 Å². The first-order chi connectivity index (χ1) is 18.9. The molecule has 1 aliphatic heterocycles. The highest BCUT2D eigenvalue weighted by Gasteiger charge is 2.37. The van der Waals surface area contributed by atoms with Crippen LogP contribution in [-0.2, 0) is 15.8 Å². The number of carbonyl (C=O) groups excluding carboxylic acids is 3. The van der Waals surface area contributed by atoms with E-state index in [1.165, 1.54) is 36.4 Å². The van der Waals surface area contributed by atoms with Crippen LogP contribution in [0, 0.1) is 10.1 Å². The second-order valence-electron chi connectivity index (χ2n) is 8.12. The lowest BCUT2D eigenvalue weighted by Crippen LogP contribution is -2.54. The molecule has 0 radical (unpaired) electrons. The van der Waals surface area contributed by atoms with Crippen molar-refractivity contribution in [2.75, 3.05) is 11.5 Å². The first kappa shape index (κ1) is 28.1. The number of ether oxygens (including phenoxy) is 2. The molecule has 3 aromatic carbocycles. The molecule has 0 bridgehead atoms. The van der Waals surface area contributed by atoms with Crippen molar-refractivity contribution in [1.29, 1.82) is 0 Å². The molecule has 0 spiro atoms. The predicted octanol–water partition coefficient (Wildman–Crippen LogP) is 6.12. The zero-order chi connectivity index (χ0) is 29.2. The topological polar surface area (TPSA) is 128 Å². The number of alkyl halides is 3. The lowest BCUT2D eigenvalue weighted by molar-refractivity contribution is -0.385. The molecule has 1 heterocycles. The quantitative estimate of drug-likeness (QED) is 0.155. The molecule has 10 nitrogen and oxygen atoms in total. The molecule has 4 amide bonds. The third kappa shape index (κ3) is 5.89. The number of nitrogens with one attached hydrogen (secondary N) is 1. The molecular formula is C26H17ClF3N3O7. The molecule has 0 atom stereocenters. The molecule has 1 aliphatic rings. The van der Waals surface area contributed by atoms with Crippen LogP contribution in [0.3, 0.4) is 0 Å². The minimum atomic E-state index is -4.80. The van der Waals surface area contributed by atoms with Gasteiger partial charge < -0.3 is 9.47 Å². The second-order valence-corrected chi connectivity index (χ2v) is 8.52. The van der Waals surface area contributed by atoms with Crippen LogP contribution in [0.25, 0.3) is 6.08 Å². The molecule has 3 aromatic rings. The van der Waals surface area contributed by atoms with Crippen LogP contribution < -0.4 is 19.7 Å². The number of barbiturate groups is 1. The fourth-order valence-corrected chi connectivity index (χ4v) is 3.90. The summed E-state index contributed by atoms with van der Waals surface area (Å²) in [4.78, 5) is 49.2. The van der Waals surface area contributed by atoms with Crippen molar-refractivity contribution in [3.05, 3.63) is 92.5 Å². The molecule has 1 N–H and O–H groups in total. The Balaban J connectivity index is 1.63. The van der Waals surface area contributed by atoms with E-state index in [9.17, 15) is 37.7 Å². The van der Waals surface area contributed by atoms with Crippen molar-refractivity contribution in [2.45, 2.75) is 13.1 Å². The van der Waals surface area contributed by atoms with Gasteiger partial charge in [0.2, 0.25) is 5.75 Å². The third-order valence-electron chi connectivity index (χ3n) is 5.46. The fraction of sp³-hybridized carbons (Fsp3) is 0.115. The Bertz CT molecular complexity index is 1570. The largest absolute Gasteiger partial charge is 0.494 e. The molecular weight excluding hydrogens is 559 g/mol. The van der Waals surface area contributed by atoms with E-state index in [-0.39, 0.29) is 22.0 Å². The number of hydrogen-bond acceptors (Lipinski definition) is 7. The summed E-state index contributed by atoms with van der Waals surface area (Å²) in [5.41, 5.74) is -2.18. The van der Waals surface area contributed by atoms with Crippen LogP contribution in [0.5, 0.6) is 17.2 Å². The number of anilines is 1. The molecule has 0 saturated carbocycles. The summed E-state index contributed by atoms with van der Waals surface area (Å²) in [5.74, 6) is -2.10. The van der Waals surface area contributed by atoms with Gasteiger partial charge >= 0.3 is 17.9 Å². The van der Waals surface area contributed by atoms with Crippen molar-refractivity contribution in [3.63, 3.8) is 0 Å². The summed E-state index contributed by atoms with van der Waals surface area (Å²) in [5, 5.41) is 13.3. The average molecular weight is 576 g/mol. The van der Waals surface area contributed by atoms with E-state index < -0.39 is 51.5 Å². The number of amides is 4.